The van der Waals surface area contributed by atoms with Crippen molar-refractivity contribution in [1.29, 1.82) is 0 Å². The first kappa shape index (κ1) is 15.5. The van der Waals surface area contributed by atoms with Gasteiger partial charge in [0.25, 0.3) is 0 Å². The lowest BCUT2D eigenvalue weighted by molar-refractivity contribution is -0.134. The molecule has 0 aliphatic carbocycles. The van der Waals surface area contributed by atoms with E-state index in [0.717, 1.165) is 26.2 Å². The summed E-state index contributed by atoms with van der Waals surface area (Å²) in [6.45, 7) is 4.08. The molecule has 114 valence electrons. The minimum absolute atomic E-state index is 0.0442. The van der Waals surface area contributed by atoms with Crippen LogP contribution in [0.15, 0.2) is 22.6 Å². The molecule has 1 aromatic rings. The van der Waals surface area contributed by atoms with E-state index in [0.29, 0.717) is 18.1 Å². The van der Waals surface area contributed by atoms with Gasteiger partial charge < -0.3 is 14.1 Å². The van der Waals surface area contributed by atoms with Gasteiger partial charge in [-0.25, -0.2) is 4.79 Å². The molecule has 1 saturated heterocycles. The van der Waals surface area contributed by atoms with Crippen molar-refractivity contribution in [2.75, 3.05) is 46.9 Å². The Hall–Kier alpha value is -1.92. The van der Waals surface area contributed by atoms with Crippen LogP contribution >= 0.6 is 0 Å². The summed E-state index contributed by atoms with van der Waals surface area (Å²) >= 11 is 0. The molecule has 0 unspecified atom stereocenters. The topological polar surface area (TPSA) is 63.0 Å². The van der Waals surface area contributed by atoms with Gasteiger partial charge in [-0.2, -0.15) is 0 Å². The molecule has 0 N–H and O–H groups in total. The van der Waals surface area contributed by atoms with Crippen LogP contribution in [0.2, 0.25) is 0 Å². The van der Waals surface area contributed by atoms with Gasteiger partial charge in [-0.15, -0.1) is 0 Å². The van der Waals surface area contributed by atoms with E-state index in [9.17, 15) is 9.59 Å². The zero-order valence-electron chi connectivity index (χ0n) is 12.4. The van der Waals surface area contributed by atoms with E-state index in [1.807, 2.05) is 0 Å². The first-order chi connectivity index (χ1) is 10.1. The number of nitrogens with zero attached hydrogens (tertiary/aromatic N) is 2. The number of furan rings is 1. The third-order valence-corrected chi connectivity index (χ3v) is 3.45. The highest BCUT2D eigenvalue weighted by Crippen LogP contribution is 2.12. The van der Waals surface area contributed by atoms with Gasteiger partial charge in [-0.05, 0) is 25.3 Å². The number of ether oxygens (including phenoxy) is 1. The molecule has 0 spiro atoms. The van der Waals surface area contributed by atoms with Crippen molar-refractivity contribution in [2.24, 2.45) is 0 Å². The number of piperazine rings is 1. The number of methoxy groups -OCH3 is 1. The lowest BCUT2D eigenvalue weighted by Gasteiger charge is -2.31. The van der Waals surface area contributed by atoms with Crippen LogP contribution in [0, 0.1) is 0 Å². The standard InChI is InChI=1S/C15H20N2O4/c1-16-7-9-17(10-8-16)11-13(18)14-5-3-12(21-14)4-6-15(19)20-2/h3-6H,7-11H2,1-2H3/b6-4+. The summed E-state index contributed by atoms with van der Waals surface area (Å²) in [6.07, 6.45) is 2.74. The Morgan fingerprint density at radius 3 is 2.67 bits per heavy atom. The Labute approximate surface area is 124 Å². The maximum atomic E-state index is 12.1. The predicted octanol–water partition coefficient (Wildman–Crippen LogP) is 0.896. The maximum Gasteiger partial charge on any atom is 0.330 e. The van der Waals surface area contributed by atoms with Gasteiger partial charge in [-0.3, -0.25) is 9.69 Å². The Bertz CT molecular complexity index is 528. The second kappa shape index (κ2) is 7.19. The third kappa shape index (κ3) is 4.54. The van der Waals surface area contributed by atoms with E-state index < -0.39 is 5.97 Å². The third-order valence-electron chi connectivity index (χ3n) is 3.45. The highest BCUT2D eigenvalue weighted by Gasteiger charge is 2.19. The summed E-state index contributed by atoms with van der Waals surface area (Å²) in [5, 5.41) is 0. The van der Waals surface area contributed by atoms with Crippen LogP contribution in [0.25, 0.3) is 6.08 Å². The summed E-state index contributed by atoms with van der Waals surface area (Å²) in [4.78, 5) is 27.5. The number of hydrogen-bond acceptors (Lipinski definition) is 6. The van der Waals surface area contributed by atoms with E-state index >= 15 is 0 Å². The average molecular weight is 292 g/mol. The number of esters is 1. The summed E-state index contributed by atoms with van der Waals surface area (Å²) < 4.78 is 9.91. The highest BCUT2D eigenvalue weighted by atomic mass is 16.5. The Kier molecular flexibility index (Phi) is 5.30. The van der Waals surface area contributed by atoms with Crippen LogP contribution in [0.5, 0.6) is 0 Å². The highest BCUT2D eigenvalue weighted by molar-refractivity contribution is 5.95. The van der Waals surface area contributed by atoms with Crippen LogP contribution in [0.4, 0.5) is 0 Å². The van der Waals surface area contributed by atoms with Crippen molar-refractivity contribution < 1.29 is 18.7 Å². The molecule has 6 nitrogen and oxygen atoms in total. The summed E-state index contributed by atoms with van der Waals surface area (Å²) in [6, 6.07) is 3.30. The van der Waals surface area contributed by atoms with E-state index in [-0.39, 0.29) is 5.78 Å². The van der Waals surface area contributed by atoms with Crippen molar-refractivity contribution >= 4 is 17.8 Å². The molecule has 0 saturated carbocycles. The monoisotopic (exact) mass is 292 g/mol. The summed E-state index contributed by atoms with van der Waals surface area (Å²) in [5.41, 5.74) is 0. The van der Waals surface area contributed by atoms with E-state index in [1.54, 1.807) is 12.1 Å². The molecule has 1 aliphatic heterocycles. The smallest absolute Gasteiger partial charge is 0.330 e. The second-order valence-electron chi connectivity index (χ2n) is 5.06. The fourth-order valence-corrected chi connectivity index (χ4v) is 2.10. The first-order valence-electron chi connectivity index (χ1n) is 6.88. The van der Waals surface area contributed by atoms with Crippen molar-refractivity contribution in [3.63, 3.8) is 0 Å². The minimum atomic E-state index is -0.461. The first-order valence-corrected chi connectivity index (χ1v) is 6.88. The molecule has 21 heavy (non-hydrogen) atoms. The molecule has 1 aromatic heterocycles. The zero-order chi connectivity index (χ0) is 15.2. The van der Waals surface area contributed by atoms with Gasteiger partial charge in [0.2, 0.25) is 5.78 Å². The van der Waals surface area contributed by atoms with Gasteiger partial charge in [0, 0.05) is 32.3 Å². The number of Topliss-reactive ketones (excluding diaryl/α,β-unsaturated/α-hetero) is 1. The molecule has 0 radical (unpaired) electrons. The van der Waals surface area contributed by atoms with Gasteiger partial charge in [0.05, 0.1) is 13.7 Å². The Morgan fingerprint density at radius 1 is 1.29 bits per heavy atom. The average Bonchev–Trinajstić information content (AvgIpc) is 2.96. The maximum absolute atomic E-state index is 12.1. The SMILES string of the molecule is COC(=O)/C=C/c1ccc(C(=O)CN2CCN(C)CC2)o1. The van der Waals surface area contributed by atoms with Gasteiger partial charge in [0.1, 0.15) is 5.76 Å². The van der Waals surface area contributed by atoms with Gasteiger partial charge in [0.15, 0.2) is 5.76 Å². The molecule has 6 heteroatoms. The molecule has 0 atom stereocenters. The molecule has 0 bridgehead atoms. The number of ketones is 1. The molecular weight excluding hydrogens is 272 g/mol. The molecule has 2 heterocycles. The van der Waals surface area contributed by atoms with Crippen LogP contribution in [-0.2, 0) is 9.53 Å². The number of carbonyl (C=O) groups is 2. The number of rotatable bonds is 5. The fourth-order valence-electron chi connectivity index (χ4n) is 2.10. The van der Waals surface area contributed by atoms with Crippen molar-refractivity contribution in [1.82, 2.24) is 9.80 Å². The number of likely N-dealkylation sites (N-methyl/N-ethyl adjacent to an activating group) is 1. The van der Waals surface area contributed by atoms with Crippen molar-refractivity contribution in [2.45, 2.75) is 0 Å². The quantitative estimate of drug-likeness (QED) is 0.456. The zero-order valence-corrected chi connectivity index (χ0v) is 12.4. The second-order valence-corrected chi connectivity index (χ2v) is 5.06. The molecule has 0 amide bonds. The van der Waals surface area contributed by atoms with Gasteiger partial charge >= 0.3 is 5.97 Å². The van der Waals surface area contributed by atoms with Gasteiger partial charge in [-0.1, -0.05) is 0 Å². The van der Waals surface area contributed by atoms with Crippen molar-refractivity contribution in [3.05, 3.63) is 29.7 Å². The lowest BCUT2D eigenvalue weighted by atomic mass is 10.2. The van der Waals surface area contributed by atoms with E-state index in [4.69, 9.17) is 4.42 Å². The normalized spacial score (nSPS) is 17.2. The van der Waals surface area contributed by atoms with Crippen LogP contribution in [0.1, 0.15) is 16.3 Å². The molecule has 1 aliphatic rings. The Balaban J connectivity index is 1.90. The number of carbonyl (C=O) groups excluding carboxylic acids is 2. The van der Waals surface area contributed by atoms with Crippen LogP contribution < -0.4 is 0 Å². The minimum Gasteiger partial charge on any atom is -0.466 e. The number of hydrogen-bond donors (Lipinski definition) is 0. The lowest BCUT2D eigenvalue weighted by Crippen LogP contribution is -2.46. The van der Waals surface area contributed by atoms with Crippen LogP contribution in [-0.4, -0.2) is 68.4 Å². The van der Waals surface area contributed by atoms with E-state index in [2.05, 4.69) is 21.6 Å². The predicted molar refractivity (Wildman–Crippen MR) is 78.0 cm³/mol. The van der Waals surface area contributed by atoms with Crippen LogP contribution in [0.3, 0.4) is 0 Å². The van der Waals surface area contributed by atoms with E-state index in [1.165, 1.54) is 19.3 Å². The summed E-state index contributed by atoms with van der Waals surface area (Å²) in [5.74, 6) is 0.273. The van der Waals surface area contributed by atoms with Crippen molar-refractivity contribution in [3.8, 4) is 0 Å². The molecule has 0 aromatic carbocycles. The molecule has 2 rings (SSSR count). The Morgan fingerprint density at radius 2 is 2.00 bits per heavy atom. The summed E-state index contributed by atoms with van der Waals surface area (Å²) in [7, 11) is 3.38. The molecular formula is C15H20N2O4. The largest absolute Gasteiger partial charge is 0.466 e. The fraction of sp³-hybridized carbons (Fsp3) is 0.467. The molecule has 1 fully saturated rings.